The van der Waals surface area contributed by atoms with Crippen molar-refractivity contribution >= 4 is 47.4 Å². The summed E-state index contributed by atoms with van der Waals surface area (Å²) in [6.45, 7) is 1.94. The Morgan fingerprint density at radius 3 is 2.12 bits per heavy atom. The van der Waals surface area contributed by atoms with Gasteiger partial charge in [0.1, 0.15) is 5.75 Å². The molecule has 4 aromatic rings. The molecule has 0 unspecified atom stereocenters. The lowest BCUT2D eigenvalue weighted by Gasteiger charge is -2.11. The first-order valence-corrected chi connectivity index (χ1v) is 12.5. The number of nitrogens with zero attached hydrogens (tertiary/aromatic N) is 1. The van der Waals surface area contributed by atoms with E-state index in [1.54, 1.807) is 54.6 Å². The van der Waals surface area contributed by atoms with Gasteiger partial charge >= 0.3 is 17.8 Å². The number of esters is 1. The zero-order chi connectivity index (χ0) is 29.0. The molecule has 3 amide bonds. The third-order valence-corrected chi connectivity index (χ3v) is 5.63. The molecular weight excluding hydrogens is 520 g/mol. The van der Waals surface area contributed by atoms with Crippen LogP contribution in [0.25, 0.3) is 6.08 Å². The topological polar surface area (TPSA) is 126 Å². The highest BCUT2D eigenvalue weighted by Crippen LogP contribution is 2.18. The van der Waals surface area contributed by atoms with Crippen LogP contribution in [0.15, 0.2) is 114 Å². The van der Waals surface area contributed by atoms with Crippen LogP contribution in [0.2, 0.25) is 0 Å². The summed E-state index contributed by atoms with van der Waals surface area (Å²) in [6.07, 6.45) is 4.32. The van der Waals surface area contributed by atoms with Crippen molar-refractivity contribution in [3.05, 3.63) is 131 Å². The van der Waals surface area contributed by atoms with Gasteiger partial charge in [0, 0.05) is 11.8 Å². The maximum absolute atomic E-state index is 12.8. The van der Waals surface area contributed by atoms with Crippen LogP contribution in [0, 0.1) is 6.92 Å². The number of hydrogen-bond donors (Lipinski definition) is 3. The molecule has 0 fully saturated rings. The summed E-state index contributed by atoms with van der Waals surface area (Å²) in [5.41, 5.74) is 5.62. The first kappa shape index (κ1) is 28.2. The molecule has 0 heterocycles. The van der Waals surface area contributed by atoms with Gasteiger partial charge in [0.15, 0.2) is 0 Å². The number of para-hydroxylation sites is 1. The Balaban J connectivity index is 1.28. The number of amides is 3. The highest BCUT2D eigenvalue weighted by Gasteiger charge is 2.17. The van der Waals surface area contributed by atoms with Crippen molar-refractivity contribution in [3.8, 4) is 5.75 Å². The van der Waals surface area contributed by atoms with Crippen LogP contribution in [0.5, 0.6) is 5.75 Å². The standard InChI is InChI=1S/C32H26N4O5/c1-22-11-16-25(17-12-22)34-30(38)27-9-5-6-10-28(27)35-31(39)32(40)36-33-21-24-13-18-26(19-14-24)41-29(37)20-15-23-7-3-2-4-8-23/h2-21H,1H3,(H,34,38)(H,35,39)(H,36,40)/b20-15+,33-21-. The van der Waals surface area contributed by atoms with Crippen molar-refractivity contribution in [2.75, 3.05) is 10.6 Å². The molecule has 0 atom stereocenters. The first-order valence-electron chi connectivity index (χ1n) is 12.5. The molecule has 4 aromatic carbocycles. The molecule has 9 heteroatoms. The molecule has 41 heavy (non-hydrogen) atoms. The molecule has 0 saturated heterocycles. The summed E-state index contributed by atoms with van der Waals surface area (Å²) in [7, 11) is 0. The minimum absolute atomic E-state index is 0.171. The summed E-state index contributed by atoms with van der Waals surface area (Å²) in [5, 5.41) is 9.00. The Bertz CT molecular complexity index is 1600. The zero-order valence-corrected chi connectivity index (χ0v) is 22.0. The summed E-state index contributed by atoms with van der Waals surface area (Å²) in [6, 6.07) is 29.4. The van der Waals surface area contributed by atoms with Gasteiger partial charge in [-0.3, -0.25) is 14.4 Å². The van der Waals surface area contributed by atoms with Gasteiger partial charge in [-0.05, 0) is 72.7 Å². The Kier molecular flexibility index (Phi) is 9.50. The average molecular weight is 547 g/mol. The normalized spacial score (nSPS) is 10.8. The largest absolute Gasteiger partial charge is 0.423 e. The number of carbonyl (C=O) groups excluding carboxylic acids is 4. The van der Waals surface area contributed by atoms with Crippen LogP contribution in [0.3, 0.4) is 0 Å². The first-order chi connectivity index (χ1) is 19.9. The molecule has 0 aliphatic rings. The SMILES string of the molecule is Cc1ccc(NC(=O)c2ccccc2NC(=O)C(=O)N/N=C\c2ccc(OC(=O)/C=C/c3ccccc3)cc2)cc1. The minimum Gasteiger partial charge on any atom is -0.423 e. The van der Waals surface area contributed by atoms with E-state index >= 15 is 0 Å². The zero-order valence-electron chi connectivity index (χ0n) is 22.0. The lowest BCUT2D eigenvalue weighted by atomic mass is 10.1. The van der Waals surface area contributed by atoms with E-state index in [1.807, 2.05) is 49.4 Å². The number of nitrogens with one attached hydrogen (secondary N) is 3. The van der Waals surface area contributed by atoms with Crippen LogP contribution in [-0.2, 0) is 14.4 Å². The summed E-state index contributed by atoms with van der Waals surface area (Å²) >= 11 is 0. The molecule has 0 saturated carbocycles. The molecular formula is C32H26N4O5. The van der Waals surface area contributed by atoms with E-state index in [9.17, 15) is 19.2 Å². The van der Waals surface area contributed by atoms with Crippen molar-refractivity contribution in [1.29, 1.82) is 0 Å². The van der Waals surface area contributed by atoms with E-state index in [4.69, 9.17) is 4.74 Å². The fraction of sp³-hybridized carbons (Fsp3) is 0.0312. The average Bonchev–Trinajstić information content (AvgIpc) is 2.99. The molecule has 0 bridgehead atoms. The van der Waals surface area contributed by atoms with E-state index < -0.39 is 23.7 Å². The van der Waals surface area contributed by atoms with E-state index in [2.05, 4.69) is 21.2 Å². The van der Waals surface area contributed by atoms with Crippen LogP contribution in [0.1, 0.15) is 27.0 Å². The van der Waals surface area contributed by atoms with Gasteiger partial charge < -0.3 is 15.4 Å². The highest BCUT2D eigenvalue weighted by molar-refractivity contribution is 6.40. The molecule has 204 valence electrons. The smallest absolute Gasteiger partial charge is 0.336 e. The lowest BCUT2D eigenvalue weighted by molar-refractivity contribution is -0.136. The third-order valence-electron chi connectivity index (χ3n) is 5.63. The van der Waals surface area contributed by atoms with Gasteiger partial charge in [0.25, 0.3) is 5.91 Å². The van der Waals surface area contributed by atoms with Gasteiger partial charge in [-0.2, -0.15) is 5.10 Å². The van der Waals surface area contributed by atoms with E-state index in [0.29, 0.717) is 17.0 Å². The maximum atomic E-state index is 12.8. The number of ether oxygens (including phenoxy) is 1. The molecule has 0 spiro atoms. The van der Waals surface area contributed by atoms with E-state index in [-0.39, 0.29) is 11.3 Å². The molecule has 0 radical (unpaired) electrons. The quantitative estimate of drug-likeness (QED) is 0.0720. The molecule has 3 N–H and O–H groups in total. The number of aryl methyl sites for hydroxylation is 1. The minimum atomic E-state index is -1.02. The number of carbonyl (C=O) groups is 4. The van der Waals surface area contributed by atoms with Crippen molar-refractivity contribution in [1.82, 2.24) is 5.43 Å². The van der Waals surface area contributed by atoms with Crippen molar-refractivity contribution in [3.63, 3.8) is 0 Å². The van der Waals surface area contributed by atoms with Gasteiger partial charge in [0.05, 0.1) is 17.5 Å². The fourth-order valence-corrected chi connectivity index (χ4v) is 3.52. The van der Waals surface area contributed by atoms with Crippen molar-refractivity contribution < 1.29 is 23.9 Å². The van der Waals surface area contributed by atoms with Gasteiger partial charge in [0.2, 0.25) is 0 Å². The van der Waals surface area contributed by atoms with Gasteiger partial charge in [-0.1, -0.05) is 60.2 Å². The second-order valence-electron chi connectivity index (χ2n) is 8.75. The number of benzene rings is 4. The highest BCUT2D eigenvalue weighted by atomic mass is 16.5. The fourth-order valence-electron chi connectivity index (χ4n) is 3.52. The molecule has 0 aliphatic carbocycles. The van der Waals surface area contributed by atoms with Gasteiger partial charge in [-0.25, -0.2) is 10.2 Å². The second kappa shape index (κ2) is 13.8. The van der Waals surface area contributed by atoms with Crippen LogP contribution in [-0.4, -0.2) is 29.9 Å². The Morgan fingerprint density at radius 1 is 0.707 bits per heavy atom. The lowest BCUT2D eigenvalue weighted by Crippen LogP contribution is -2.33. The van der Waals surface area contributed by atoms with E-state index in [0.717, 1.165) is 11.1 Å². The van der Waals surface area contributed by atoms with E-state index in [1.165, 1.54) is 24.4 Å². The molecule has 9 nitrogen and oxygen atoms in total. The van der Waals surface area contributed by atoms with Crippen LogP contribution >= 0.6 is 0 Å². The summed E-state index contributed by atoms with van der Waals surface area (Å²) < 4.78 is 5.26. The number of hydrogen-bond acceptors (Lipinski definition) is 6. The maximum Gasteiger partial charge on any atom is 0.336 e. The monoisotopic (exact) mass is 546 g/mol. The Hall–Kier alpha value is -5.83. The van der Waals surface area contributed by atoms with Gasteiger partial charge in [-0.15, -0.1) is 0 Å². The number of hydrazone groups is 1. The second-order valence-corrected chi connectivity index (χ2v) is 8.75. The molecule has 0 aromatic heterocycles. The Labute approximate surface area is 236 Å². The van der Waals surface area contributed by atoms with Crippen LogP contribution < -0.4 is 20.8 Å². The Morgan fingerprint density at radius 2 is 1.39 bits per heavy atom. The number of rotatable bonds is 8. The summed E-state index contributed by atoms with van der Waals surface area (Å²) in [4.78, 5) is 49.5. The summed E-state index contributed by atoms with van der Waals surface area (Å²) in [5.74, 6) is -2.65. The number of anilines is 2. The molecule has 0 aliphatic heterocycles. The predicted octanol–water partition coefficient (Wildman–Crippen LogP) is 4.95. The molecule has 4 rings (SSSR count). The van der Waals surface area contributed by atoms with Crippen LogP contribution in [0.4, 0.5) is 11.4 Å². The van der Waals surface area contributed by atoms with Crippen molar-refractivity contribution in [2.24, 2.45) is 5.10 Å². The third kappa shape index (κ3) is 8.59. The van der Waals surface area contributed by atoms with Crippen molar-refractivity contribution in [2.45, 2.75) is 6.92 Å². The predicted molar refractivity (Wildman–Crippen MR) is 157 cm³/mol.